The molecule has 2 nitrogen and oxygen atoms in total. The molecule has 0 aliphatic heterocycles. The van der Waals surface area contributed by atoms with E-state index < -0.39 is 0 Å². The van der Waals surface area contributed by atoms with E-state index in [0.29, 0.717) is 0 Å². The summed E-state index contributed by atoms with van der Waals surface area (Å²) in [6.45, 7) is 6.11. The number of hydrogen-bond donors (Lipinski definition) is 0. The Hall–Kier alpha value is -1.96. The first-order valence-electron chi connectivity index (χ1n) is 5.62. The molecule has 2 rings (SSSR count). The first kappa shape index (κ1) is 11.5. The maximum atomic E-state index is 4.31. The Morgan fingerprint density at radius 1 is 0.882 bits per heavy atom. The van der Waals surface area contributed by atoms with Gasteiger partial charge < -0.3 is 0 Å². The predicted molar refractivity (Wildman–Crippen MR) is 70.1 cm³/mol. The van der Waals surface area contributed by atoms with Gasteiger partial charge >= 0.3 is 0 Å². The Labute approximate surface area is 102 Å². The summed E-state index contributed by atoms with van der Waals surface area (Å²) in [4.78, 5) is 0. The van der Waals surface area contributed by atoms with Crippen LogP contribution in [0.25, 0.3) is 0 Å². The SMILES string of the molecule is Cc1ccc(C)c(N=Nc2cc[c]cc2C)c1. The zero-order valence-corrected chi connectivity index (χ0v) is 10.4. The second kappa shape index (κ2) is 4.91. The van der Waals surface area contributed by atoms with Gasteiger partial charge in [-0.1, -0.05) is 18.2 Å². The summed E-state index contributed by atoms with van der Waals surface area (Å²) >= 11 is 0. The number of aryl methyl sites for hydroxylation is 3. The Kier molecular flexibility index (Phi) is 3.33. The van der Waals surface area contributed by atoms with Crippen molar-refractivity contribution in [1.29, 1.82) is 0 Å². The number of nitrogens with zero attached hydrogens (tertiary/aromatic N) is 2. The Morgan fingerprint density at radius 3 is 2.41 bits per heavy atom. The minimum atomic E-state index is 0.893. The first-order chi connectivity index (χ1) is 8.16. The molecule has 0 aliphatic carbocycles. The molecule has 2 heteroatoms. The molecule has 1 radical (unpaired) electrons. The van der Waals surface area contributed by atoms with E-state index in [-0.39, 0.29) is 0 Å². The fourth-order valence-electron chi connectivity index (χ4n) is 1.55. The van der Waals surface area contributed by atoms with E-state index >= 15 is 0 Å². The molecule has 0 spiro atoms. The largest absolute Gasteiger partial charge is 0.150 e. The van der Waals surface area contributed by atoms with E-state index in [2.05, 4.69) is 35.4 Å². The third kappa shape index (κ3) is 2.78. The molecule has 0 heterocycles. The topological polar surface area (TPSA) is 24.7 Å². The van der Waals surface area contributed by atoms with Crippen LogP contribution < -0.4 is 0 Å². The van der Waals surface area contributed by atoms with Crippen molar-refractivity contribution in [2.45, 2.75) is 20.8 Å². The molecule has 0 aliphatic rings. The molecule has 0 unspecified atom stereocenters. The highest BCUT2D eigenvalue weighted by molar-refractivity contribution is 5.49. The van der Waals surface area contributed by atoms with Crippen molar-refractivity contribution >= 4 is 11.4 Å². The fraction of sp³-hybridized carbons (Fsp3) is 0.200. The van der Waals surface area contributed by atoms with Crippen molar-refractivity contribution in [2.75, 3.05) is 0 Å². The molecule has 17 heavy (non-hydrogen) atoms. The summed E-state index contributed by atoms with van der Waals surface area (Å²) in [6, 6.07) is 14.9. The van der Waals surface area contributed by atoms with Gasteiger partial charge in [0.05, 0.1) is 11.4 Å². The van der Waals surface area contributed by atoms with Gasteiger partial charge in [0.25, 0.3) is 0 Å². The van der Waals surface area contributed by atoms with Crippen LogP contribution >= 0.6 is 0 Å². The zero-order chi connectivity index (χ0) is 12.3. The maximum Gasteiger partial charge on any atom is 0.0888 e. The van der Waals surface area contributed by atoms with Crippen LogP contribution in [0.15, 0.2) is 46.6 Å². The number of rotatable bonds is 2. The molecule has 0 fully saturated rings. The van der Waals surface area contributed by atoms with Crippen LogP contribution in [0, 0.1) is 26.8 Å². The van der Waals surface area contributed by atoms with Crippen LogP contribution in [0.1, 0.15) is 16.7 Å². The van der Waals surface area contributed by atoms with Crippen LogP contribution in [0.2, 0.25) is 0 Å². The van der Waals surface area contributed by atoms with Crippen molar-refractivity contribution in [3.63, 3.8) is 0 Å². The smallest absolute Gasteiger partial charge is 0.0888 e. The van der Waals surface area contributed by atoms with Crippen LogP contribution in [-0.4, -0.2) is 0 Å². The first-order valence-corrected chi connectivity index (χ1v) is 5.62. The third-order valence-electron chi connectivity index (χ3n) is 2.67. The fourth-order valence-corrected chi connectivity index (χ4v) is 1.55. The predicted octanol–water partition coefficient (Wildman–Crippen LogP) is 4.83. The van der Waals surface area contributed by atoms with Gasteiger partial charge in [0.15, 0.2) is 0 Å². The standard InChI is InChI=1S/C15H15N2/c1-11-8-9-13(3)15(10-11)17-16-14-7-5-4-6-12(14)2/h5-10H,1-3H3. The second-order valence-electron chi connectivity index (χ2n) is 4.20. The van der Waals surface area contributed by atoms with Crippen LogP contribution in [0.3, 0.4) is 0 Å². The Morgan fingerprint density at radius 2 is 1.65 bits per heavy atom. The molecular weight excluding hydrogens is 208 g/mol. The zero-order valence-electron chi connectivity index (χ0n) is 10.4. The second-order valence-corrected chi connectivity index (χ2v) is 4.20. The van der Waals surface area contributed by atoms with E-state index in [1.165, 1.54) is 5.56 Å². The summed E-state index contributed by atoms with van der Waals surface area (Å²) in [5.74, 6) is 0. The molecule has 0 saturated carbocycles. The molecule has 0 amide bonds. The average Bonchev–Trinajstić information content (AvgIpc) is 2.32. The Bertz CT molecular complexity index is 557. The lowest BCUT2D eigenvalue weighted by Gasteiger charge is -2.01. The van der Waals surface area contributed by atoms with Gasteiger partial charge in [-0.3, -0.25) is 0 Å². The number of azo groups is 1. The third-order valence-corrected chi connectivity index (χ3v) is 2.67. The summed E-state index contributed by atoms with van der Waals surface area (Å²) < 4.78 is 0. The number of benzene rings is 2. The summed E-state index contributed by atoms with van der Waals surface area (Å²) in [6.07, 6.45) is 0. The molecule has 85 valence electrons. The van der Waals surface area contributed by atoms with Crippen LogP contribution in [0.5, 0.6) is 0 Å². The molecular formula is C15H15N2. The highest BCUT2D eigenvalue weighted by Gasteiger charge is 1.98. The van der Waals surface area contributed by atoms with Gasteiger partial charge in [-0.2, -0.15) is 10.2 Å². The highest BCUT2D eigenvalue weighted by Crippen LogP contribution is 2.24. The van der Waals surface area contributed by atoms with Gasteiger partial charge in [-0.25, -0.2) is 0 Å². The molecule has 2 aromatic carbocycles. The van der Waals surface area contributed by atoms with Crippen molar-refractivity contribution in [3.05, 3.63) is 59.2 Å². The normalized spacial score (nSPS) is 11.0. The van der Waals surface area contributed by atoms with E-state index in [4.69, 9.17) is 0 Å². The van der Waals surface area contributed by atoms with Crippen molar-refractivity contribution in [1.82, 2.24) is 0 Å². The Balaban J connectivity index is 2.32. The van der Waals surface area contributed by atoms with E-state index in [1.807, 2.05) is 38.1 Å². The molecule has 0 atom stereocenters. The number of hydrogen-bond acceptors (Lipinski definition) is 2. The van der Waals surface area contributed by atoms with Gasteiger partial charge in [0, 0.05) is 0 Å². The van der Waals surface area contributed by atoms with Crippen molar-refractivity contribution < 1.29 is 0 Å². The summed E-state index contributed by atoms with van der Waals surface area (Å²) in [7, 11) is 0. The average molecular weight is 223 g/mol. The summed E-state index contributed by atoms with van der Waals surface area (Å²) in [5, 5.41) is 8.59. The summed E-state index contributed by atoms with van der Waals surface area (Å²) in [5.41, 5.74) is 5.24. The van der Waals surface area contributed by atoms with E-state index in [1.54, 1.807) is 0 Å². The van der Waals surface area contributed by atoms with Crippen molar-refractivity contribution in [2.24, 2.45) is 10.2 Å². The molecule has 0 saturated heterocycles. The van der Waals surface area contributed by atoms with Crippen molar-refractivity contribution in [3.8, 4) is 0 Å². The quantitative estimate of drug-likeness (QED) is 0.651. The maximum absolute atomic E-state index is 4.31. The lowest BCUT2D eigenvalue weighted by atomic mass is 10.1. The molecule has 2 aromatic rings. The lowest BCUT2D eigenvalue weighted by molar-refractivity contribution is 1.18. The van der Waals surface area contributed by atoms with Gasteiger partial charge in [0.2, 0.25) is 0 Å². The van der Waals surface area contributed by atoms with Gasteiger partial charge in [-0.05, 0) is 61.7 Å². The molecule has 0 bridgehead atoms. The van der Waals surface area contributed by atoms with Crippen LogP contribution in [-0.2, 0) is 0 Å². The lowest BCUT2D eigenvalue weighted by Crippen LogP contribution is -1.77. The van der Waals surface area contributed by atoms with Crippen LogP contribution in [0.4, 0.5) is 11.4 Å². The molecule has 0 N–H and O–H groups in total. The van der Waals surface area contributed by atoms with Gasteiger partial charge in [-0.15, -0.1) is 0 Å². The monoisotopic (exact) mass is 223 g/mol. The van der Waals surface area contributed by atoms with Gasteiger partial charge in [0.1, 0.15) is 0 Å². The highest BCUT2D eigenvalue weighted by atomic mass is 15.1. The van der Waals surface area contributed by atoms with E-state index in [0.717, 1.165) is 22.5 Å². The minimum absolute atomic E-state index is 0.893. The molecule has 0 aromatic heterocycles. The minimum Gasteiger partial charge on any atom is -0.150 e. The van der Waals surface area contributed by atoms with E-state index in [9.17, 15) is 0 Å².